The third-order valence-electron chi connectivity index (χ3n) is 2.82. The van der Waals surface area contributed by atoms with Gasteiger partial charge in [0.1, 0.15) is 5.75 Å². The number of nitrogens with zero attached hydrogens (tertiary/aromatic N) is 1. The van der Waals surface area contributed by atoms with E-state index in [0.29, 0.717) is 42.5 Å². The zero-order valence-corrected chi connectivity index (χ0v) is 14.6. The Morgan fingerprint density at radius 1 is 1.29 bits per heavy atom. The predicted molar refractivity (Wildman–Crippen MR) is 92.5 cm³/mol. The molecule has 0 saturated carbocycles. The highest BCUT2D eigenvalue weighted by Crippen LogP contribution is 2.21. The van der Waals surface area contributed by atoms with Crippen LogP contribution in [-0.2, 0) is 14.3 Å². The summed E-state index contributed by atoms with van der Waals surface area (Å²) in [6, 6.07) is 5.09. The molecule has 0 aromatic heterocycles. The van der Waals surface area contributed by atoms with Gasteiger partial charge < -0.3 is 14.8 Å². The Hall–Kier alpha value is -2.12. The van der Waals surface area contributed by atoms with Crippen LogP contribution in [0.1, 0.15) is 25.3 Å². The highest BCUT2D eigenvalue weighted by atomic mass is 35.5. The number of methoxy groups -OCH3 is 1. The first kappa shape index (κ1) is 19.9. The number of carbonyl (C=O) groups excluding carboxylic acids is 2. The van der Waals surface area contributed by atoms with Gasteiger partial charge in [-0.25, -0.2) is 5.43 Å². The molecule has 0 aliphatic heterocycles. The largest absolute Gasteiger partial charge is 0.493 e. The zero-order valence-electron chi connectivity index (χ0n) is 13.8. The molecule has 0 aliphatic rings. The Labute approximate surface area is 146 Å². The number of hydrogen-bond acceptors (Lipinski definition) is 5. The van der Waals surface area contributed by atoms with Gasteiger partial charge >= 0.3 is 11.8 Å². The lowest BCUT2D eigenvalue weighted by atomic mass is 10.2. The molecule has 1 aromatic carbocycles. The summed E-state index contributed by atoms with van der Waals surface area (Å²) in [6.45, 7) is 3.41. The van der Waals surface area contributed by atoms with Gasteiger partial charge in [-0.1, -0.05) is 18.5 Å². The van der Waals surface area contributed by atoms with Crippen molar-refractivity contribution < 1.29 is 19.1 Å². The Morgan fingerprint density at radius 3 is 2.79 bits per heavy atom. The van der Waals surface area contributed by atoms with E-state index < -0.39 is 11.8 Å². The molecule has 0 saturated heterocycles. The summed E-state index contributed by atoms with van der Waals surface area (Å²) in [5.41, 5.74) is 2.77. The highest BCUT2D eigenvalue weighted by Gasteiger charge is 2.11. The quantitative estimate of drug-likeness (QED) is 0.305. The van der Waals surface area contributed by atoms with Crippen LogP contribution in [0, 0.1) is 0 Å². The molecule has 8 heteroatoms. The Morgan fingerprint density at radius 2 is 2.08 bits per heavy atom. The first-order chi connectivity index (χ1) is 11.6. The molecule has 0 bridgehead atoms. The molecule has 132 valence electrons. The number of hydrogen-bond donors (Lipinski definition) is 2. The van der Waals surface area contributed by atoms with Crippen molar-refractivity contribution in [3.8, 4) is 5.75 Å². The molecule has 0 aliphatic carbocycles. The first-order valence-electron chi connectivity index (χ1n) is 7.61. The maximum Gasteiger partial charge on any atom is 0.329 e. The smallest absolute Gasteiger partial charge is 0.329 e. The van der Waals surface area contributed by atoms with Gasteiger partial charge in [-0.05, 0) is 31.0 Å². The van der Waals surface area contributed by atoms with Crippen LogP contribution in [0.3, 0.4) is 0 Å². The second-order valence-corrected chi connectivity index (χ2v) is 5.27. The molecule has 2 N–H and O–H groups in total. The van der Waals surface area contributed by atoms with Crippen molar-refractivity contribution in [2.75, 3.05) is 26.9 Å². The Kier molecular flexibility index (Phi) is 9.48. The molecule has 0 fully saturated rings. The van der Waals surface area contributed by atoms with E-state index in [0.717, 1.165) is 6.42 Å². The molecule has 0 unspecified atom stereocenters. The molecule has 2 amide bonds. The van der Waals surface area contributed by atoms with Gasteiger partial charge in [-0.2, -0.15) is 5.10 Å². The summed E-state index contributed by atoms with van der Waals surface area (Å²) in [7, 11) is 1.57. The SMILES string of the molecule is CCCOc1ccc(Cl)cc1/C=N\NC(=O)C(=O)NCCCOC. The van der Waals surface area contributed by atoms with Crippen LogP contribution >= 0.6 is 11.6 Å². The monoisotopic (exact) mass is 355 g/mol. The van der Waals surface area contributed by atoms with Crippen molar-refractivity contribution in [3.63, 3.8) is 0 Å². The third kappa shape index (κ3) is 7.43. The zero-order chi connectivity index (χ0) is 17.8. The number of amides is 2. The molecule has 1 aromatic rings. The molecular formula is C16H22ClN3O4. The summed E-state index contributed by atoms with van der Waals surface area (Å²) in [6.07, 6.45) is 2.87. The Bertz CT molecular complexity index is 578. The topological polar surface area (TPSA) is 89.0 Å². The van der Waals surface area contributed by atoms with Crippen molar-refractivity contribution in [2.24, 2.45) is 5.10 Å². The van der Waals surface area contributed by atoms with E-state index in [9.17, 15) is 9.59 Å². The highest BCUT2D eigenvalue weighted by molar-refractivity contribution is 6.35. The van der Waals surface area contributed by atoms with E-state index in [2.05, 4.69) is 15.8 Å². The fourth-order valence-corrected chi connectivity index (χ4v) is 1.85. The molecule has 0 heterocycles. The summed E-state index contributed by atoms with van der Waals surface area (Å²) < 4.78 is 10.4. The summed E-state index contributed by atoms with van der Waals surface area (Å²) >= 11 is 5.95. The van der Waals surface area contributed by atoms with Crippen molar-refractivity contribution >= 4 is 29.6 Å². The second-order valence-electron chi connectivity index (χ2n) is 4.83. The van der Waals surface area contributed by atoms with Gasteiger partial charge in [0.25, 0.3) is 0 Å². The molecule has 7 nitrogen and oxygen atoms in total. The number of rotatable bonds is 9. The normalized spacial score (nSPS) is 10.6. The maximum absolute atomic E-state index is 11.6. The molecule has 0 atom stereocenters. The fraction of sp³-hybridized carbons (Fsp3) is 0.438. The van der Waals surface area contributed by atoms with Crippen molar-refractivity contribution in [1.82, 2.24) is 10.7 Å². The molecular weight excluding hydrogens is 334 g/mol. The van der Waals surface area contributed by atoms with Gasteiger partial charge in [0.15, 0.2) is 0 Å². The van der Waals surface area contributed by atoms with Crippen LogP contribution in [-0.4, -0.2) is 44.9 Å². The van der Waals surface area contributed by atoms with Crippen LogP contribution in [0.4, 0.5) is 0 Å². The minimum atomic E-state index is -0.846. The maximum atomic E-state index is 11.6. The number of ether oxygens (including phenoxy) is 2. The van der Waals surface area contributed by atoms with Crippen LogP contribution in [0.25, 0.3) is 0 Å². The Balaban J connectivity index is 2.55. The standard InChI is InChI=1S/C16H22ClN3O4/c1-3-8-24-14-6-5-13(17)10-12(14)11-19-20-16(22)15(21)18-7-4-9-23-2/h5-6,10-11H,3-4,7-9H2,1-2H3,(H,18,21)(H,20,22)/b19-11-. The van der Waals surface area contributed by atoms with Crippen molar-refractivity contribution in [3.05, 3.63) is 28.8 Å². The van der Waals surface area contributed by atoms with Gasteiger partial charge in [-0.3, -0.25) is 9.59 Å². The van der Waals surface area contributed by atoms with E-state index in [1.807, 2.05) is 6.92 Å². The van der Waals surface area contributed by atoms with E-state index in [1.165, 1.54) is 6.21 Å². The molecule has 1 rings (SSSR count). The number of benzene rings is 1. The lowest BCUT2D eigenvalue weighted by Crippen LogP contribution is -2.38. The summed E-state index contributed by atoms with van der Waals surface area (Å²) in [5, 5.41) is 6.75. The minimum Gasteiger partial charge on any atom is -0.493 e. The van der Waals surface area contributed by atoms with E-state index in [-0.39, 0.29) is 0 Å². The van der Waals surface area contributed by atoms with Crippen molar-refractivity contribution in [2.45, 2.75) is 19.8 Å². The number of hydrazone groups is 1. The number of nitrogens with one attached hydrogen (secondary N) is 2. The molecule has 0 spiro atoms. The average molecular weight is 356 g/mol. The van der Waals surface area contributed by atoms with Crippen LogP contribution in [0.5, 0.6) is 5.75 Å². The van der Waals surface area contributed by atoms with Gasteiger partial charge in [-0.15, -0.1) is 0 Å². The van der Waals surface area contributed by atoms with Crippen LogP contribution in [0.15, 0.2) is 23.3 Å². The number of carbonyl (C=O) groups is 2. The minimum absolute atomic E-state index is 0.354. The van der Waals surface area contributed by atoms with Crippen LogP contribution in [0.2, 0.25) is 5.02 Å². The van der Waals surface area contributed by atoms with E-state index in [4.69, 9.17) is 21.1 Å². The van der Waals surface area contributed by atoms with Gasteiger partial charge in [0, 0.05) is 30.8 Å². The lowest BCUT2D eigenvalue weighted by molar-refractivity contribution is -0.139. The lowest BCUT2D eigenvalue weighted by Gasteiger charge is -2.08. The van der Waals surface area contributed by atoms with Gasteiger partial charge in [0.2, 0.25) is 0 Å². The summed E-state index contributed by atoms with van der Waals surface area (Å²) in [5.74, 6) is -0.998. The first-order valence-corrected chi connectivity index (χ1v) is 7.98. The fourth-order valence-electron chi connectivity index (χ4n) is 1.67. The predicted octanol–water partition coefficient (Wildman–Crippen LogP) is 1.73. The second kappa shape index (κ2) is 11.4. The molecule has 0 radical (unpaired) electrons. The molecule has 24 heavy (non-hydrogen) atoms. The average Bonchev–Trinajstić information content (AvgIpc) is 2.57. The van der Waals surface area contributed by atoms with E-state index >= 15 is 0 Å². The van der Waals surface area contributed by atoms with Gasteiger partial charge in [0.05, 0.1) is 12.8 Å². The number of halogens is 1. The summed E-state index contributed by atoms with van der Waals surface area (Å²) in [4.78, 5) is 23.1. The van der Waals surface area contributed by atoms with Crippen LogP contribution < -0.4 is 15.5 Å². The third-order valence-corrected chi connectivity index (χ3v) is 3.06. The van der Waals surface area contributed by atoms with Crippen molar-refractivity contribution in [1.29, 1.82) is 0 Å². The van der Waals surface area contributed by atoms with E-state index in [1.54, 1.807) is 25.3 Å².